The maximum Gasteiger partial charge on any atom is 0.342 e. The van der Waals surface area contributed by atoms with Gasteiger partial charge in [-0.05, 0) is 24.2 Å². The highest BCUT2D eigenvalue weighted by molar-refractivity contribution is 6.00. The number of imidazole rings is 1. The molecule has 1 aliphatic carbocycles. The van der Waals surface area contributed by atoms with Crippen molar-refractivity contribution in [3.63, 3.8) is 0 Å². The first-order chi connectivity index (χ1) is 9.68. The number of nitrogens with zero attached hydrogens (tertiary/aromatic N) is 4. The molecule has 0 radical (unpaired) electrons. The number of rotatable bonds is 2. The molecule has 0 spiro atoms. The molecular weight excluding hydrogens is 260 g/mol. The van der Waals surface area contributed by atoms with Gasteiger partial charge in [-0.25, -0.2) is 9.55 Å². The molecule has 1 fully saturated rings. The van der Waals surface area contributed by atoms with E-state index in [1.165, 1.54) is 23.6 Å². The molecule has 1 aliphatic heterocycles. The van der Waals surface area contributed by atoms with Gasteiger partial charge in [0.1, 0.15) is 12.3 Å². The van der Waals surface area contributed by atoms with E-state index in [2.05, 4.69) is 10.1 Å². The zero-order chi connectivity index (χ0) is 14.1. The van der Waals surface area contributed by atoms with E-state index in [1.807, 2.05) is 0 Å². The number of nitro groups is 1. The van der Waals surface area contributed by atoms with Gasteiger partial charge in [0.15, 0.2) is 5.71 Å². The van der Waals surface area contributed by atoms with Crippen molar-refractivity contribution in [2.45, 2.75) is 44.6 Å². The lowest BCUT2D eigenvalue weighted by atomic mass is 9.85. The van der Waals surface area contributed by atoms with E-state index in [0.29, 0.717) is 5.82 Å². The minimum Gasteiger partial charge on any atom is -0.391 e. The van der Waals surface area contributed by atoms with E-state index < -0.39 is 4.92 Å². The second-order valence-corrected chi connectivity index (χ2v) is 5.47. The molecule has 0 N–H and O–H groups in total. The predicted molar refractivity (Wildman–Crippen MR) is 72.5 cm³/mol. The van der Waals surface area contributed by atoms with Crippen LogP contribution in [-0.2, 0) is 11.9 Å². The molecule has 0 amide bonds. The van der Waals surface area contributed by atoms with Crippen LogP contribution in [0.15, 0.2) is 11.4 Å². The Kier molecular flexibility index (Phi) is 3.42. The molecule has 7 nitrogen and oxygen atoms in total. The van der Waals surface area contributed by atoms with E-state index >= 15 is 0 Å². The summed E-state index contributed by atoms with van der Waals surface area (Å²) in [5, 5.41) is 15.1. The van der Waals surface area contributed by atoms with E-state index in [4.69, 9.17) is 4.84 Å². The monoisotopic (exact) mass is 278 g/mol. The molecule has 3 rings (SSSR count). The molecule has 0 unspecified atom stereocenters. The van der Waals surface area contributed by atoms with Crippen LogP contribution < -0.4 is 0 Å². The third-order valence-corrected chi connectivity index (χ3v) is 4.22. The van der Waals surface area contributed by atoms with Gasteiger partial charge in [0.05, 0.1) is 13.0 Å². The summed E-state index contributed by atoms with van der Waals surface area (Å²) < 4.78 is 1.49. The highest BCUT2D eigenvalue weighted by Crippen LogP contribution is 2.33. The van der Waals surface area contributed by atoms with Crippen molar-refractivity contribution >= 4 is 11.5 Å². The molecule has 2 heterocycles. The third kappa shape index (κ3) is 2.17. The molecular formula is C13H18N4O3. The predicted octanol–water partition coefficient (Wildman–Crippen LogP) is 2.40. The molecule has 1 aromatic rings. The van der Waals surface area contributed by atoms with Crippen molar-refractivity contribution in [3.8, 4) is 0 Å². The maximum absolute atomic E-state index is 10.9. The van der Waals surface area contributed by atoms with E-state index in [-0.39, 0.29) is 17.8 Å². The lowest BCUT2D eigenvalue weighted by molar-refractivity contribution is -0.391. The second kappa shape index (κ2) is 5.22. The van der Waals surface area contributed by atoms with E-state index in [1.54, 1.807) is 7.05 Å². The van der Waals surface area contributed by atoms with Crippen LogP contribution in [-0.4, -0.2) is 26.3 Å². The first kappa shape index (κ1) is 13.1. The van der Waals surface area contributed by atoms with Crippen LogP contribution in [0.5, 0.6) is 0 Å². The Morgan fingerprint density at radius 3 is 2.80 bits per heavy atom. The van der Waals surface area contributed by atoms with Crippen molar-refractivity contribution < 1.29 is 9.76 Å². The van der Waals surface area contributed by atoms with Crippen LogP contribution >= 0.6 is 0 Å². The summed E-state index contributed by atoms with van der Waals surface area (Å²) in [6, 6.07) is 0. The van der Waals surface area contributed by atoms with Crippen molar-refractivity contribution in [2.24, 2.45) is 18.1 Å². The van der Waals surface area contributed by atoms with Crippen molar-refractivity contribution in [3.05, 3.63) is 22.1 Å². The highest BCUT2D eigenvalue weighted by Gasteiger charge is 2.39. The Labute approximate surface area is 116 Å². The van der Waals surface area contributed by atoms with Crippen LogP contribution in [0.3, 0.4) is 0 Å². The summed E-state index contributed by atoms with van der Waals surface area (Å²) in [6.07, 6.45) is 8.21. The fourth-order valence-electron chi connectivity index (χ4n) is 3.10. The van der Waals surface area contributed by atoms with Gasteiger partial charge >= 0.3 is 5.82 Å². The zero-order valence-corrected chi connectivity index (χ0v) is 11.5. The molecule has 0 saturated heterocycles. The third-order valence-electron chi connectivity index (χ3n) is 4.22. The molecule has 108 valence electrons. The number of fused-ring (bicyclic) bond motifs is 1. The van der Waals surface area contributed by atoms with Gasteiger partial charge in [-0.1, -0.05) is 24.4 Å². The van der Waals surface area contributed by atoms with Crippen LogP contribution in [0, 0.1) is 16.0 Å². The molecule has 2 aliphatic rings. The first-order valence-electron chi connectivity index (χ1n) is 7.08. The zero-order valence-electron chi connectivity index (χ0n) is 11.5. The Bertz CT molecular complexity index is 552. The summed E-state index contributed by atoms with van der Waals surface area (Å²) in [5.74, 6) is 0.762. The lowest BCUT2D eigenvalue weighted by Gasteiger charge is -2.20. The second-order valence-electron chi connectivity index (χ2n) is 5.47. The topological polar surface area (TPSA) is 82.5 Å². The summed E-state index contributed by atoms with van der Waals surface area (Å²) in [6.45, 7) is 0. The van der Waals surface area contributed by atoms with Crippen LogP contribution in [0.4, 0.5) is 5.82 Å². The Morgan fingerprint density at radius 2 is 2.10 bits per heavy atom. The van der Waals surface area contributed by atoms with Gasteiger partial charge in [-0.15, -0.1) is 0 Å². The fourth-order valence-corrected chi connectivity index (χ4v) is 3.10. The van der Waals surface area contributed by atoms with Crippen LogP contribution in [0.25, 0.3) is 0 Å². The molecule has 0 bridgehead atoms. The number of oxime groups is 1. The smallest absolute Gasteiger partial charge is 0.342 e. The number of hydrogen-bond donors (Lipinski definition) is 0. The van der Waals surface area contributed by atoms with Crippen molar-refractivity contribution in [1.82, 2.24) is 9.55 Å². The molecule has 0 aromatic carbocycles. The number of hydrogen-bond acceptors (Lipinski definition) is 5. The summed E-state index contributed by atoms with van der Waals surface area (Å²) in [7, 11) is 1.65. The summed E-state index contributed by atoms with van der Waals surface area (Å²) in [5.41, 5.74) is 0.771. The summed E-state index contributed by atoms with van der Waals surface area (Å²) >= 11 is 0. The average molecular weight is 278 g/mol. The van der Waals surface area contributed by atoms with Crippen molar-refractivity contribution in [2.75, 3.05) is 0 Å². The van der Waals surface area contributed by atoms with E-state index in [9.17, 15) is 10.1 Å². The Balaban J connectivity index is 1.88. The first-order valence-corrected chi connectivity index (χ1v) is 7.08. The van der Waals surface area contributed by atoms with E-state index in [0.717, 1.165) is 31.4 Å². The van der Waals surface area contributed by atoms with Gasteiger partial charge in [0.2, 0.25) is 5.82 Å². The van der Waals surface area contributed by atoms with Crippen LogP contribution in [0.1, 0.15) is 44.3 Å². The maximum atomic E-state index is 10.9. The quantitative estimate of drug-likeness (QED) is 0.614. The van der Waals surface area contributed by atoms with Gasteiger partial charge in [-0.2, -0.15) is 0 Å². The van der Waals surface area contributed by atoms with Crippen molar-refractivity contribution in [1.29, 1.82) is 0 Å². The number of aromatic nitrogens is 2. The molecule has 1 aromatic heterocycles. The minimum atomic E-state index is -0.428. The van der Waals surface area contributed by atoms with Gasteiger partial charge < -0.3 is 15.0 Å². The highest BCUT2D eigenvalue weighted by atomic mass is 16.6. The van der Waals surface area contributed by atoms with Crippen LogP contribution in [0.2, 0.25) is 0 Å². The minimum absolute atomic E-state index is 0.0167. The molecule has 7 heteroatoms. The summed E-state index contributed by atoms with van der Waals surface area (Å²) in [4.78, 5) is 20.2. The normalized spacial score (nSPS) is 26.1. The average Bonchev–Trinajstić information content (AvgIpc) is 2.92. The largest absolute Gasteiger partial charge is 0.391 e. The Hall–Kier alpha value is -1.92. The molecule has 2 atom stereocenters. The van der Waals surface area contributed by atoms with Gasteiger partial charge in [0, 0.05) is 0 Å². The Morgan fingerprint density at radius 1 is 1.35 bits per heavy atom. The SMILES string of the molecule is Cn1c([N+](=O)[O-])cnc1C1=NO[C@@H]2CCCCCC[C@@H]12. The fraction of sp³-hybridized carbons (Fsp3) is 0.692. The van der Waals surface area contributed by atoms with Gasteiger partial charge in [0.25, 0.3) is 0 Å². The standard InChI is InChI=1S/C13H18N4O3/c1-16-11(17(18)19)8-14-13(16)12-9-6-4-2-3-5-7-10(9)20-15-12/h8-10H,2-7H2,1H3/t9-,10-/m1/s1. The molecule has 20 heavy (non-hydrogen) atoms. The lowest BCUT2D eigenvalue weighted by Crippen LogP contribution is -2.27. The van der Waals surface area contributed by atoms with Gasteiger partial charge in [-0.3, -0.25) is 0 Å². The molecule has 1 saturated carbocycles.